The highest BCUT2D eigenvalue weighted by Crippen LogP contribution is 2.20. The Morgan fingerprint density at radius 3 is 2.68 bits per heavy atom. The van der Waals surface area contributed by atoms with E-state index in [4.69, 9.17) is 14.6 Å². The molecule has 0 unspecified atom stereocenters. The number of carbonyl (C=O) groups is 2. The van der Waals surface area contributed by atoms with Gasteiger partial charge in [-0.15, -0.1) is 0 Å². The van der Waals surface area contributed by atoms with Crippen LogP contribution in [-0.4, -0.2) is 60.4 Å². The third-order valence-electron chi connectivity index (χ3n) is 3.69. The molecule has 2 aliphatic rings. The minimum absolute atomic E-state index is 0.0526. The molecule has 1 heterocycles. The minimum Gasteiger partial charge on any atom is -0.479 e. The van der Waals surface area contributed by atoms with Crippen LogP contribution in [0.2, 0.25) is 0 Å². The van der Waals surface area contributed by atoms with E-state index in [1.54, 1.807) is 0 Å². The molecule has 0 spiro atoms. The van der Waals surface area contributed by atoms with Crippen LogP contribution in [-0.2, 0) is 19.1 Å². The molecule has 6 heteroatoms. The zero-order valence-corrected chi connectivity index (χ0v) is 11.0. The number of aliphatic carboxylic acids is 1. The SMILES string of the molecule is O=C(O)[C@@H]1CN(C(=O)COC2CCCCC2)CCO1. The van der Waals surface area contributed by atoms with Crippen molar-refractivity contribution < 1.29 is 24.2 Å². The monoisotopic (exact) mass is 271 g/mol. The molecule has 0 aromatic rings. The molecule has 1 aliphatic heterocycles. The molecule has 1 aliphatic carbocycles. The molecule has 19 heavy (non-hydrogen) atoms. The van der Waals surface area contributed by atoms with E-state index in [0.29, 0.717) is 6.54 Å². The summed E-state index contributed by atoms with van der Waals surface area (Å²) >= 11 is 0. The van der Waals surface area contributed by atoms with Gasteiger partial charge in [-0.05, 0) is 12.8 Å². The van der Waals surface area contributed by atoms with Gasteiger partial charge in [0, 0.05) is 6.54 Å². The van der Waals surface area contributed by atoms with Crippen LogP contribution in [0.25, 0.3) is 0 Å². The van der Waals surface area contributed by atoms with E-state index in [0.717, 1.165) is 25.7 Å². The number of rotatable bonds is 4. The number of carboxylic acids is 1. The predicted octanol–water partition coefficient (Wildman–Crippen LogP) is 0.648. The number of nitrogens with zero attached hydrogens (tertiary/aromatic N) is 1. The van der Waals surface area contributed by atoms with Crippen LogP contribution < -0.4 is 0 Å². The smallest absolute Gasteiger partial charge is 0.334 e. The third kappa shape index (κ3) is 4.18. The quantitative estimate of drug-likeness (QED) is 0.812. The van der Waals surface area contributed by atoms with Gasteiger partial charge < -0.3 is 19.5 Å². The molecule has 0 aromatic heterocycles. The average molecular weight is 271 g/mol. The van der Waals surface area contributed by atoms with Gasteiger partial charge in [0.05, 0.1) is 19.3 Å². The van der Waals surface area contributed by atoms with Gasteiger partial charge in [0.2, 0.25) is 5.91 Å². The molecule has 1 atom stereocenters. The lowest BCUT2D eigenvalue weighted by atomic mass is 9.98. The van der Waals surface area contributed by atoms with E-state index in [1.807, 2.05) is 0 Å². The van der Waals surface area contributed by atoms with Crippen molar-refractivity contribution in [3.63, 3.8) is 0 Å². The molecular formula is C13H21NO5. The summed E-state index contributed by atoms with van der Waals surface area (Å²) in [5, 5.41) is 8.88. The van der Waals surface area contributed by atoms with Crippen molar-refractivity contribution in [1.29, 1.82) is 0 Å². The van der Waals surface area contributed by atoms with Gasteiger partial charge in [0.25, 0.3) is 0 Å². The Morgan fingerprint density at radius 2 is 2.00 bits per heavy atom. The third-order valence-corrected chi connectivity index (χ3v) is 3.69. The fourth-order valence-corrected chi connectivity index (χ4v) is 2.54. The van der Waals surface area contributed by atoms with Gasteiger partial charge in [-0.25, -0.2) is 4.79 Å². The molecule has 1 saturated heterocycles. The van der Waals surface area contributed by atoms with Crippen LogP contribution in [0.5, 0.6) is 0 Å². The highest BCUT2D eigenvalue weighted by Gasteiger charge is 2.29. The van der Waals surface area contributed by atoms with Crippen molar-refractivity contribution >= 4 is 11.9 Å². The van der Waals surface area contributed by atoms with Crippen molar-refractivity contribution in [2.45, 2.75) is 44.3 Å². The fourth-order valence-electron chi connectivity index (χ4n) is 2.54. The van der Waals surface area contributed by atoms with Crippen molar-refractivity contribution in [3.05, 3.63) is 0 Å². The number of carboxylic acid groups (broad SMARTS) is 1. The van der Waals surface area contributed by atoms with Gasteiger partial charge in [-0.1, -0.05) is 19.3 Å². The maximum atomic E-state index is 12.0. The van der Waals surface area contributed by atoms with Crippen molar-refractivity contribution in [2.24, 2.45) is 0 Å². The van der Waals surface area contributed by atoms with E-state index in [2.05, 4.69) is 0 Å². The summed E-state index contributed by atoms with van der Waals surface area (Å²) in [6.07, 6.45) is 4.90. The highest BCUT2D eigenvalue weighted by atomic mass is 16.5. The van der Waals surface area contributed by atoms with Gasteiger partial charge >= 0.3 is 5.97 Å². The molecule has 0 aromatic carbocycles. The summed E-state index contributed by atoms with van der Waals surface area (Å²) < 4.78 is 10.7. The largest absolute Gasteiger partial charge is 0.479 e. The van der Waals surface area contributed by atoms with Crippen molar-refractivity contribution in [1.82, 2.24) is 4.90 Å². The topological polar surface area (TPSA) is 76.1 Å². The van der Waals surface area contributed by atoms with Gasteiger partial charge in [0.1, 0.15) is 6.61 Å². The molecule has 1 amide bonds. The van der Waals surface area contributed by atoms with Gasteiger partial charge in [0.15, 0.2) is 6.10 Å². The zero-order chi connectivity index (χ0) is 13.7. The summed E-state index contributed by atoms with van der Waals surface area (Å²) in [6, 6.07) is 0. The number of hydrogen-bond donors (Lipinski definition) is 1. The molecule has 2 fully saturated rings. The predicted molar refractivity (Wildman–Crippen MR) is 66.8 cm³/mol. The van der Waals surface area contributed by atoms with Crippen molar-refractivity contribution in [3.8, 4) is 0 Å². The molecule has 1 saturated carbocycles. The van der Waals surface area contributed by atoms with E-state index in [9.17, 15) is 9.59 Å². The van der Waals surface area contributed by atoms with E-state index >= 15 is 0 Å². The molecular weight excluding hydrogens is 250 g/mol. The highest BCUT2D eigenvalue weighted by molar-refractivity contribution is 5.79. The first-order valence-electron chi connectivity index (χ1n) is 6.90. The van der Waals surface area contributed by atoms with Crippen LogP contribution in [0.1, 0.15) is 32.1 Å². The first-order valence-corrected chi connectivity index (χ1v) is 6.90. The average Bonchev–Trinajstić information content (AvgIpc) is 2.46. The summed E-state index contributed by atoms with van der Waals surface area (Å²) in [5.41, 5.74) is 0. The first kappa shape index (κ1) is 14.3. The summed E-state index contributed by atoms with van der Waals surface area (Å²) in [4.78, 5) is 24.3. The Kier molecular flexibility index (Phi) is 5.15. The fraction of sp³-hybridized carbons (Fsp3) is 0.846. The zero-order valence-electron chi connectivity index (χ0n) is 11.0. The standard InChI is InChI=1S/C13H21NO5/c15-12(9-19-10-4-2-1-3-5-10)14-6-7-18-11(8-14)13(16)17/h10-11H,1-9H2,(H,16,17)/t11-/m0/s1. The maximum Gasteiger partial charge on any atom is 0.334 e. The molecule has 108 valence electrons. The summed E-state index contributed by atoms with van der Waals surface area (Å²) in [5.74, 6) is -1.16. The van der Waals surface area contributed by atoms with Gasteiger partial charge in [-0.3, -0.25) is 4.79 Å². The van der Waals surface area contributed by atoms with E-state index < -0.39 is 12.1 Å². The Morgan fingerprint density at radius 1 is 1.26 bits per heavy atom. The Balaban J connectivity index is 1.74. The Bertz CT molecular complexity index is 327. The second-order valence-corrected chi connectivity index (χ2v) is 5.11. The summed E-state index contributed by atoms with van der Waals surface area (Å²) in [6.45, 7) is 0.877. The lowest BCUT2D eigenvalue weighted by molar-refractivity contribution is -0.161. The molecule has 0 bridgehead atoms. The van der Waals surface area contributed by atoms with Gasteiger partial charge in [-0.2, -0.15) is 0 Å². The number of hydrogen-bond acceptors (Lipinski definition) is 4. The number of ether oxygens (including phenoxy) is 2. The van der Waals surface area contributed by atoms with Crippen LogP contribution >= 0.6 is 0 Å². The number of morpholine rings is 1. The Hall–Kier alpha value is -1.14. The number of amides is 1. The molecule has 0 radical (unpaired) electrons. The maximum absolute atomic E-state index is 12.0. The van der Waals surface area contributed by atoms with E-state index in [-0.39, 0.29) is 31.8 Å². The number of carbonyl (C=O) groups excluding carboxylic acids is 1. The second kappa shape index (κ2) is 6.86. The lowest BCUT2D eigenvalue weighted by Gasteiger charge is -2.31. The first-order chi connectivity index (χ1) is 9.16. The second-order valence-electron chi connectivity index (χ2n) is 5.11. The van der Waals surface area contributed by atoms with E-state index in [1.165, 1.54) is 11.3 Å². The molecule has 1 N–H and O–H groups in total. The van der Waals surface area contributed by atoms with Crippen LogP contribution in [0.15, 0.2) is 0 Å². The van der Waals surface area contributed by atoms with Crippen molar-refractivity contribution in [2.75, 3.05) is 26.3 Å². The summed E-state index contributed by atoms with van der Waals surface area (Å²) in [7, 11) is 0. The molecule has 6 nitrogen and oxygen atoms in total. The normalized spacial score (nSPS) is 25.3. The van der Waals surface area contributed by atoms with Crippen LogP contribution in [0, 0.1) is 0 Å². The lowest BCUT2D eigenvalue weighted by Crippen LogP contribution is -2.49. The van der Waals surface area contributed by atoms with Crippen LogP contribution in [0.4, 0.5) is 0 Å². The van der Waals surface area contributed by atoms with Crippen LogP contribution in [0.3, 0.4) is 0 Å². The minimum atomic E-state index is -1.02. The molecule has 2 rings (SSSR count). The Labute approximate surface area is 112 Å².